The molecule has 0 bridgehead atoms. The molecule has 2 amide bonds. The van der Waals surface area contributed by atoms with Gasteiger partial charge in [-0.15, -0.1) is 0 Å². The Morgan fingerprint density at radius 1 is 1.09 bits per heavy atom. The lowest BCUT2D eigenvalue weighted by molar-refractivity contribution is -0.147. The van der Waals surface area contributed by atoms with Crippen molar-refractivity contribution in [2.45, 2.75) is 26.3 Å². The summed E-state index contributed by atoms with van der Waals surface area (Å²) in [4.78, 5) is 38.5. The van der Waals surface area contributed by atoms with Gasteiger partial charge in [-0.1, -0.05) is 6.07 Å². The second kappa shape index (κ2) is 6.60. The van der Waals surface area contributed by atoms with Crippen LogP contribution in [0.15, 0.2) is 24.3 Å². The second-order valence-electron chi connectivity index (χ2n) is 5.63. The van der Waals surface area contributed by atoms with E-state index in [1.165, 1.54) is 31.9 Å². The van der Waals surface area contributed by atoms with Gasteiger partial charge in [-0.2, -0.15) is 0 Å². The normalized spacial score (nSPS) is 11.0. The average molecular weight is 306 g/mol. The largest absolute Gasteiger partial charge is 0.480 e. The first kappa shape index (κ1) is 17.7. The van der Waals surface area contributed by atoms with Crippen LogP contribution in [0.5, 0.6) is 0 Å². The van der Waals surface area contributed by atoms with Crippen molar-refractivity contribution in [2.75, 3.05) is 20.6 Å². The van der Waals surface area contributed by atoms with E-state index in [4.69, 9.17) is 0 Å². The van der Waals surface area contributed by atoms with Crippen LogP contribution in [-0.2, 0) is 4.79 Å². The Labute approximate surface area is 130 Å². The van der Waals surface area contributed by atoms with Gasteiger partial charge in [0.2, 0.25) is 0 Å². The first-order valence-corrected chi connectivity index (χ1v) is 7.00. The Hall–Kier alpha value is -2.37. The van der Waals surface area contributed by atoms with Crippen molar-refractivity contribution in [3.05, 3.63) is 35.4 Å². The summed E-state index contributed by atoms with van der Waals surface area (Å²) in [5, 5.41) is 9.20. The summed E-state index contributed by atoms with van der Waals surface area (Å²) >= 11 is 0. The third-order valence-electron chi connectivity index (χ3n) is 3.84. The highest BCUT2D eigenvalue weighted by molar-refractivity contribution is 6.01. The van der Waals surface area contributed by atoms with Crippen LogP contribution in [0.25, 0.3) is 0 Å². The molecule has 0 saturated carbocycles. The van der Waals surface area contributed by atoms with Crippen LogP contribution < -0.4 is 0 Å². The van der Waals surface area contributed by atoms with Gasteiger partial charge in [0, 0.05) is 31.8 Å². The van der Waals surface area contributed by atoms with Crippen molar-refractivity contribution in [2.24, 2.45) is 0 Å². The van der Waals surface area contributed by atoms with Crippen molar-refractivity contribution >= 4 is 17.8 Å². The minimum atomic E-state index is -1.34. The van der Waals surface area contributed by atoms with Gasteiger partial charge in [0.05, 0.1) is 0 Å². The summed E-state index contributed by atoms with van der Waals surface area (Å²) in [7, 11) is 3.11. The molecular weight excluding hydrogens is 284 g/mol. The van der Waals surface area contributed by atoms with Crippen LogP contribution in [0, 0.1) is 0 Å². The maximum Gasteiger partial charge on any atom is 0.329 e. The molecule has 120 valence electrons. The summed E-state index contributed by atoms with van der Waals surface area (Å²) in [6, 6.07) is 6.31. The SMILES string of the molecule is CCN(C)C(=O)c1cccc(C(=O)N(C)C(C)(C)C(=O)O)c1. The Balaban J connectivity index is 3.11. The molecule has 0 fully saturated rings. The maximum atomic E-state index is 12.4. The number of aliphatic carboxylic acids is 1. The standard InChI is InChI=1S/C16H22N2O4/c1-6-17(4)13(19)11-8-7-9-12(10-11)14(20)18(5)16(2,3)15(21)22/h7-10H,6H2,1-5H3,(H,21,22). The first-order chi connectivity index (χ1) is 10.1. The topological polar surface area (TPSA) is 77.9 Å². The monoisotopic (exact) mass is 306 g/mol. The molecule has 6 heteroatoms. The summed E-state index contributed by atoms with van der Waals surface area (Å²) in [5.74, 6) is -1.72. The van der Waals surface area contributed by atoms with Crippen LogP contribution in [0.2, 0.25) is 0 Å². The number of amides is 2. The molecule has 0 unspecified atom stereocenters. The quantitative estimate of drug-likeness (QED) is 0.898. The van der Waals surface area contributed by atoms with Gasteiger partial charge in [-0.05, 0) is 39.0 Å². The third kappa shape index (κ3) is 3.44. The molecule has 1 aromatic rings. The summed E-state index contributed by atoms with van der Waals surface area (Å²) in [6.45, 7) is 5.32. The summed E-state index contributed by atoms with van der Waals surface area (Å²) < 4.78 is 0. The van der Waals surface area contributed by atoms with Gasteiger partial charge < -0.3 is 14.9 Å². The zero-order valence-electron chi connectivity index (χ0n) is 13.6. The zero-order valence-corrected chi connectivity index (χ0v) is 13.6. The first-order valence-electron chi connectivity index (χ1n) is 7.00. The van der Waals surface area contributed by atoms with E-state index in [0.717, 1.165) is 4.90 Å². The fourth-order valence-electron chi connectivity index (χ4n) is 1.74. The number of hydrogen-bond donors (Lipinski definition) is 1. The lowest BCUT2D eigenvalue weighted by Gasteiger charge is -2.31. The zero-order chi connectivity index (χ0) is 17.1. The van der Waals surface area contributed by atoms with E-state index in [1.807, 2.05) is 6.92 Å². The van der Waals surface area contributed by atoms with E-state index in [2.05, 4.69) is 0 Å². The van der Waals surface area contributed by atoms with Crippen molar-refractivity contribution in [1.82, 2.24) is 9.80 Å². The van der Waals surface area contributed by atoms with E-state index in [1.54, 1.807) is 25.2 Å². The minimum Gasteiger partial charge on any atom is -0.480 e. The van der Waals surface area contributed by atoms with Gasteiger partial charge >= 0.3 is 5.97 Å². The highest BCUT2D eigenvalue weighted by Gasteiger charge is 2.35. The lowest BCUT2D eigenvalue weighted by atomic mass is 10.0. The van der Waals surface area contributed by atoms with E-state index in [-0.39, 0.29) is 11.5 Å². The number of nitrogens with zero attached hydrogens (tertiary/aromatic N) is 2. The molecule has 0 aliphatic rings. The molecule has 0 aliphatic carbocycles. The summed E-state index contributed by atoms with van der Waals surface area (Å²) in [5.41, 5.74) is -0.652. The molecule has 0 atom stereocenters. The molecule has 1 aromatic carbocycles. The van der Waals surface area contributed by atoms with Crippen LogP contribution >= 0.6 is 0 Å². The van der Waals surface area contributed by atoms with Crippen LogP contribution in [0.1, 0.15) is 41.5 Å². The van der Waals surface area contributed by atoms with Crippen LogP contribution in [-0.4, -0.2) is 58.9 Å². The highest BCUT2D eigenvalue weighted by atomic mass is 16.4. The maximum absolute atomic E-state index is 12.4. The smallest absolute Gasteiger partial charge is 0.329 e. The number of likely N-dealkylation sites (N-methyl/N-ethyl adjacent to an activating group) is 1. The van der Waals surface area contributed by atoms with Crippen molar-refractivity contribution in [3.63, 3.8) is 0 Å². The van der Waals surface area contributed by atoms with E-state index in [9.17, 15) is 19.5 Å². The van der Waals surface area contributed by atoms with Gasteiger partial charge in [-0.3, -0.25) is 9.59 Å². The van der Waals surface area contributed by atoms with E-state index >= 15 is 0 Å². The van der Waals surface area contributed by atoms with Crippen molar-refractivity contribution in [1.29, 1.82) is 0 Å². The molecular formula is C16H22N2O4. The number of benzene rings is 1. The van der Waals surface area contributed by atoms with Gasteiger partial charge in [0.15, 0.2) is 0 Å². The highest BCUT2D eigenvalue weighted by Crippen LogP contribution is 2.17. The molecule has 0 aromatic heterocycles. The molecule has 6 nitrogen and oxygen atoms in total. The number of carbonyl (C=O) groups excluding carboxylic acids is 2. The van der Waals surface area contributed by atoms with Gasteiger partial charge in [0.25, 0.3) is 11.8 Å². The molecule has 0 heterocycles. The van der Waals surface area contributed by atoms with Crippen molar-refractivity contribution < 1.29 is 19.5 Å². The lowest BCUT2D eigenvalue weighted by Crippen LogP contribution is -2.50. The fraction of sp³-hybridized carbons (Fsp3) is 0.438. The number of carboxylic acid groups (broad SMARTS) is 1. The van der Waals surface area contributed by atoms with Gasteiger partial charge in [0.1, 0.15) is 5.54 Å². The molecule has 22 heavy (non-hydrogen) atoms. The molecule has 0 aliphatic heterocycles. The molecule has 0 radical (unpaired) electrons. The van der Waals surface area contributed by atoms with Crippen molar-refractivity contribution in [3.8, 4) is 0 Å². The van der Waals surface area contributed by atoms with E-state index < -0.39 is 17.4 Å². The molecule has 0 spiro atoms. The van der Waals surface area contributed by atoms with Crippen LogP contribution in [0.4, 0.5) is 0 Å². The Morgan fingerprint density at radius 2 is 1.59 bits per heavy atom. The second-order valence-corrected chi connectivity index (χ2v) is 5.63. The molecule has 0 saturated heterocycles. The number of carbonyl (C=O) groups is 3. The Morgan fingerprint density at radius 3 is 2.05 bits per heavy atom. The van der Waals surface area contributed by atoms with Gasteiger partial charge in [-0.25, -0.2) is 4.79 Å². The average Bonchev–Trinajstić information content (AvgIpc) is 2.51. The molecule has 1 rings (SSSR count). The Bertz CT molecular complexity index is 596. The number of hydrogen-bond acceptors (Lipinski definition) is 3. The van der Waals surface area contributed by atoms with Crippen LogP contribution in [0.3, 0.4) is 0 Å². The predicted octanol–water partition coefficient (Wildman–Crippen LogP) is 1.71. The fourth-order valence-corrected chi connectivity index (χ4v) is 1.74. The molecule has 1 N–H and O–H groups in total. The number of carboxylic acids is 1. The summed E-state index contributed by atoms with van der Waals surface area (Å²) in [6.07, 6.45) is 0. The van der Waals surface area contributed by atoms with E-state index in [0.29, 0.717) is 12.1 Å². The third-order valence-corrected chi connectivity index (χ3v) is 3.84. The number of rotatable bonds is 5. The minimum absolute atomic E-state index is 0.183. The predicted molar refractivity (Wildman–Crippen MR) is 82.9 cm³/mol. The Kier molecular flexibility index (Phi) is 5.30.